The van der Waals surface area contributed by atoms with Crippen LogP contribution in [0.1, 0.15) is 42.5 Å². The highest BCUT2D eigenvalue weighted by Crippen LogP contribution is 2.19. The summed E-state index contributed by atoms with van der Waals surface area (Å²) in [7, 11) is -1.58. The quantitative estimate of drug-likeness (QED) is 0.726. The van der Waals surface area contributed by atoms with Gasteiger partial charge in [-0.15, -0.1) is 0 Å². The van der Waals surface area contributed by atoms with E-state index in [9.17, 15) is 4.79 Å². The van der Waals surface area contributed by atoms with Crippen LogP contribution in [0.2, 0.25) is 5.02 Å². The van der Waals surface area contributed by atoms with Crippen LogP contribution in [0.25, 0.3) is 0 Å². The Kier molecular flexibility index (Phi) is 4.85. The lowest BCUT2D eigenvalue weighted by Crippen LogP contribution is -2.37. The molecule has 1 saturated carbocycles. The molecule has 6 heteroatoms. The minimum atomic E-state index is -1.58. The average Bonchev–Trinajstić information content (AvgIpc) is 2.39. The smallest absolute Gasteiger partial charge is 0.423 e. The first-order valence-electron chi connectivity index (χ1n) is 6.54. The number of rotatable bonds is 3. The second-order valence-corrected chi connectivity index (χ2v) is 5.33. The predicted octanol–water partition coefficient (Wildman–Crippen LogP) is 1.08. The molecule has 0 saturated heterocycles. The number of nitrogens with one attached hydrogen (secondary N) is 1. The molecule has 3 N–H and O–H groups in total. The Hall–Kier alpha value is -1.04. The highest BCUT2D eigenvalue weighted by molar-refractivity contribution is 6.59. The Morgan fingerprint density at radius 1 is 1.26 bits per heavy atom. The van der Waals surface area contributed by atoms with Gasteiger partial charge in [-0.25, -0.2) is 0 Å². The van der Waals surface area contributed by atoms with Gasteiger partial charge in [-0.2, -0.15) is 0 Å². The van der Waals surface area contributed by atoms with Crippen LogP contribution in [-0.4, -0.2) is 29.1 Å². The Morgan fingerprint density at radius 2 is 1.95 bits per heavy atom. The second-order valence-electron chi connectivity index (χ2n) is 4.92. The summed E-state index contributed by atoms with van der Waals surface area (Å²) in [6.07, 6.45) is 5.55. The summed E-state index contributed by atoms with van der Waals surface area (Å²) in [5.41, 5.74) is 0.649. The molecule has 19 heavy (non-hydrogen) atoms. The van der Waals surface area contributed by atoms with E-state index in [0.717, 1.165) is 25.7 Å². The van der Waals surface area contributed by atoms with Crippen LogP contribution in [0.5, 0.6) is 0 Å². The van der Waals surface area contributed by atoms with E-state index in [1.54, 1.807) is 0 Å². The lowest BCUT2D eigenvalue weighted by molar-refractivity contribution is 0.0928. The number of carbonyl (C=O) groups excluding carboxylic acids is 1. The number of halogens is 1. The summed E-state index contributed by atoms with van der Waals surface area (Å²) in [4.78, 5) is 12.1. The number of amides is 1. The maximum absolute atomic E-state index is 12.1. The van der Waals surface area contributed by atoms with Gasteiger partial charge in [0.2, 0.25) is 0 Å². The molecule has 1 amide bonds. The molecular weight excluding hydrogens is 264 g/mol. The Labute approximate surface area is 117 Å². The summed E-state index contributed by atoms with van der Waals surface area (Å²) in [6.45, 7) is 0. The molecule has 0 radical (unpaired) electrons. The van der Waals surface area contributed by atoms with Gasteiger partial charge in [0.25, 0.3) is 5.91 Å². The third-order valence-corrected chi connectivity index (χ3v) is 3.79. The lowest BCUT2D eigenvalue weighted by atomic mass is 9.80. The van der Waals surface area contributed by atoms with Crippen LogP contribution in [0.4, 0.5) is 0 Å². The van der Waals surface area contributed by atoms with Gasteiger partial charge < -0.3 is 15.4 Å². The largest absolute Gasteiger partial charge is 0.488 e. The van der Waals surface area contributed by atoms with E-state index in [1.807, 2.05) is 0 Å². The fraction of sp³-hybridized carbons (Fsp3) is 0.462. The summed E-state index contributed by atoms with van der Waals surface area (Å²) in [6, 6.07) is 4.64. The molecule has 1 aliphatic rings. The first-order chi connectivity index (χ1) is 9.08. The van der Waals surface area contributed by atoms with Crippen LogP contribution < -0.4 is 10.8 Å². The maximum atomic E-state index is 12.1. The Balaban J connectivity index is 2.06. The van der Waals surface area contributed by atoms with Crippen molar-refractivity contribution in [1.82, 2.24) is 5.32 Å². The van der Waals surface area contributed by atoms with Crippen LogP contribution in [0.15, 0.2) is 18.2 Å². The highest BCUT2D eigenvalue weighted by atomic mass is 35.5. The molecule has 0 aromatic heterocycles. The number of benzene rings is 1. The summed E-state index contributed by atoms with van der Waals surface area (Å²) < 4.78 is 0. The Morgan fingerprint density at radius 3 is 2.53 bits per heavy atom. The Bertz CT molecular complexity index is 461. The van der Waals surface area contributed by atoms with Crippen LogP contribution in [0, 0.1) is 0 Å². The minimum absolute atomic E-state index is 0.198. The van der Waals surface area contributed by atoms with Gasteiger partial charge in [0.1, 0.15) is 0 Å². The SMILES string of the molecule is O=C(NC1CCCCC1)c1ccc(B(O)O)cc1Cl. The van der Waals surface area contributed by atoms with Crippen molar-refractivity contribution in [3.05, 3.63) is 28.8 Å². The van der Waals surface area contributed by atoms with Gasteiger partial charge >= 0.3 is 7.12 Å². The van der Waals surface area contributed by atoms with Crippen molar-refractivity contribution < 1.29 is 14.8 Å². The maximum Gasteiger partial charge on any atom is 0.488 e. The third kappa shape index (κ3) is 3.72. The van der Waals surface area contributed by atoms with Gasteiger partial charge in [0.05, 0.1) is 10.6 Å². The normalized spacial score (nSPS) is 16.2. The van der Waals surface area contributed by atoms with E-state index in [0.29, 0.717) is 5.56 Å². The van der Waals surface area contributed by atoms with Gasteiger partial charge in [-0.3, -0.25) is 4.79 Å². The van der Waals surface area contributed by atoms with E-state index in [4.69, 9.17) is 21.6 Å². The van der Waals surface area contributed by atoms with Crippen LogP contribution in [0.3, 0.4) is 0 Å². The van der Waals surface area contributed by atoms with E-state index >= 15 is 0 Å². The predicted molar refractivity (Wildman–Crippen MR) is 75.6 cm³/mol. The van der Waals surface area contributed by atoms with E-state index < -0.39 is 7.12 Å². The summed E-state index contributed by atoms with van der Waals surface area (Å²) in [5, 5.41) is 21.3. The number of carbonyl (C=O) groups is 1. The molecule has 0 atom stereocenters. The van der Waals surface area contributed by atoms with Crippen molar-refractivity contribution in [3.8, 4) is 0 Å². The molecule has 0 spiro atoms. The standard InChI is InChI=1S/C13H17BClNO3/c15-12-8-9(14(18)19)6-7-11(12)13(17)16-10-4-2-1-3-5-10/h6-8,10,18-19H,1-5H2,(H,16,17). The minimum Gasteiger partial charge on any atom is -0.423 e. The van der Waals surface area contributed by atoms with Crippen molar-refractivity contribution in [2.24, 2.45) is 0 Å². The van der Waals surface area contributed by atoms with Gasteiger partial charge in [0, 0.05) is 6.04 Å². The molecule has 1 fully saturated rings. The molecule has 1 aromatic rings. The van der Waals surface area contributed by atoms with E-state index in [-0.39, 0.29) is 22.4 Å². The molecule has 102 valence electrons. The summed E-state index contributed by atoms with van der Waals surface area (Å²) in [5.74, 6) is -0.198. The summed E-state index contributed by atoms with van der Waals surface area (Å²) >= 11 is 6.00. The van der Waals surface area contributed by atoms with Crippen LogP contribution >= 0.6 is 11.6 Å². The van der Waals surface area contributed by atoms with Gasteiger partial charge in [0.15, 0.2) is 0 Å². The zero-order chi connectivity index (χ0) is 13.8. The van der Waals surface area contributed by atoms with Gasteiger partial charge in [-0.1, -0.05) is 36.9 Å². The van der Waals surface area contributed by atoms with Crippen LogP contribution in [-0.2, 0) is 0 Å². The highest BCUT2D eigenvalue weighted by Gasteiger charge is 2.19. The molecule has 1 aliphatic carbocycles. The fourth-order valence-electron chi connectivity index (χ4n) is 2.39. The van der Waals surface area contributed by atoms with Crippen molar-refractivity contribution in [2.45, 2.75) is 38.1 Å². The van der Waals surface area contributed by atoms with E-state index in [1.165, 1.54) is 24.6 Å². The topological polar surface area (TPSA) is 69.6 Å². The molecule has 2 rings (SSSR count). The number of hydrogen-bond donors (Lipinski definition) is 3. The molecule has 1 aromatic carbocycles. The lowest BCUT2D eigenvalue weighted by Gasteiger charge is -2.23. The molecular formula is C13H17BClNO3. The second kappa shape index (κ2) is 6.41. The number of hydrogen-bond acceptors (Lipinski definition) is 3. The zero-order valence-electron chi connectivity index (χ0n) is 10.6. The van der Waals surface area contributed by atoms with Crippen molar-refractivity contribution in [1.29, 1.82) is 0 Å². The molecule has 0 unspecified atom stereocenters. The monoisotopic (exact) mass is 281 g/mol. The van der Waals surface area contributed by atoms with Crippen molar-refractivity contribution >= 4 is 30.1 Å². The molecule has 0 bridgehead atoms. The third-order valence-electron chi connectivity index (χ3n) is 3.48. The van der Waals surface area contributed by atoms with E-state index in [2.05, 4.69) is 5.32 Å². The zero-order valence-corrected chi connectivity index (χ0v) is 11.4. The van der Waals surface area contributed by atoms with Crippen molar-refractivity contribution in [2.75, 3.05) is 0 Å². The first-order valence-corrected chi connectivity index (χ1v) is 6.92. The average molecular weight is 282 g/mol. The first kappa shape index (κ1) is 14.4. The molecule has 4 nitrogen and oxygen atoms in total. The fourth-order valence-corrected chi connectivity index (χ4v) is 2.66. The molecule has 0 heterocycles. The molecule has 0 aliphatic heterocycles. The van der Waals surface area contributed by atoms with Crippen molar-refractivity contribution in [3.63, 3.8) is 0 Å². The van der Waals surface area contributed by atoms with Gasteiger partial charge in [-0.05, 0) is 30.4 Å².